The van der Waals surface area contributed by atoms with Crippen molar-refractivity contribution in [2.45, 2.75) is 33.7 Å². The van der Waals surface area contributed by atoms with Crippen molar-refractivity contribution in [2.75, 3.05) is 5.32 Å². The van der Waals surface area contributed by atoms with Crippen molar-refractivity contribution in [1.82, 2.24) is 19.7 Å². The Bertz CT molecular complexity index is 808. The van der Waals surface area contributed by atoms with Crippen molar-refractivity contribution in [3.05, 3.63) is 65.7 Å². The molecule has 0 aliphatic heterocycles. The van der Waals surface area contributed by atoms with E-state index >= 15 is 0 Å². The molecule has 0 spiro atoms. The number of hydrogen-bond acceptors (Lipinski definition) is 4. The number of anilines is 1. The van der Waals surface area contributed by atoms with Gasteiger partial charge in [-0.1, -0.05) is 44.2 Å². The lowest BCUT2D eigenvalue weighted by Gasteiger charge is -2.23. The van der Waals surface area contributed by atoms with Gasteiger partial charge >= 0.3 is 0 Å². The summed E-state index contributed by atoms with van der Waals surface area (Å²) in [5.74, 6) is 1.90. The predicted molar refractivity (Wildman–Crippen MR) is 96.3 cm³/mol. The first-order valence-electron chi connectivity index (χ1n) is 8.22. The molecule has 0 fully saturated rings. The van der Waals surface area contributed by atoms with Crippen LogP contribution in [0.5, 0.6) is 0 Å². The number of benzene rings is 1. The van der Waals surface area contributed by atoms with Gasteiger partial charge in [-0.3, -0.25) is 4.98 Å². The average Bonchev–Trinajstić information content (AvgIpc) is 2.92. The molecule has 0 radical (unpaired) electrons. The number of nitrogens with zero attached hydrogens (tertiary/aromatic N) is 4. The minimum Gasteiger partial charge on any atom is -0.362 e. The number of aromatic nitrogens is 4. The van der Waals surface area contributed by atoms with Crippen LogP contribution in [-0.4, -0.2) is 19.7 Å². The molecule has 3 aromatic rings. The summed E-state index contributed by atoms with van der Waals surface area (Å²) in [7, 11) is 0. The van der Waals surface area contributed by atoms with Gasteiger partial charge in [-0.05, 0) is 31.4 Å². The van der Waals surface area contributed by atoms with E-state index in [0.717, 1.165) is 23.0 Å². The van der Waals surface area contributed by atoms with Gasteiger partial charge in [0.15, 0.2) is 5.82 Å². The normalized spacial score (nSPS) is 12.4. The van der Waals surface area contributed by atoms with Gasteiger partial charge in [-0.15, -0.1) is 0 Å². The monoisotopic (exact) mass is 321 g/mol. The fourth-order valence-corrected chi connectivity index (χ4v) is 2.84. The molecule has 24 heavy (non-hydrogen) atoms. The molecule has 5 heteroatoms. The molecule has 2 aromatic heterocycles. The molecular formula is C19H23N5. The molecule has 3 rings (SSSR count). The van der Waals surface area contributed by atoms with E-state index in [-0.39, 0.29) is 6.04 Å². The summed E-state index contributed by atoms with van der Waals surface area (Å²) >= 11 is 0. The summed E-state index contributed by atoms with van der Waals surface area (Å²) in [6.07, 6.45) is 3.49. The molecule has 1 atom stereocenters. The number of rotatable bonds is 5. The average molecular weight is 321 g/mol. The van der Waals surface area contributed by atoms with Crippen LogP contribution in [0.25, 0.3) is 5.82 Å². The van der Waals surface area contributed by atoms with E-state index in [4.69, 9.17) is 4.98 Å². The highest BCUT2D eigenvalue weighted by Gasteiger charge is 2.16. The fraction of sp³-hybridized carbons (Fsp3) is 0.316. The second-order valence-electron chi connectivity index (χ2n) is 6.38. The van der Waals surface area contributed by atoms with Crippen molar-refractivity contribution >= 4 is 5.82 Å². The molecule has 1 aromatic carbocycles. The molecule has 0 amide bonds. The molecule has 0 aliphatic rings. The summed E-state index contributed by atoms with van der Waals surface area (Å²) in [6.45, 7) is 8.39. The quantitative estimate of drug-likeness (QED) is 0.769. The first kappa shape index (κ1) is 16.2. The third kappa shape index (κ3) is 3.45. The Morgan fingerprint density at radius 3 is 2.42 bits per heavy atom. The van der Waals surface area contributed by atoms with E-state index < -0.39 is 0 Å². The highest BCUT2D eigenvalue weighted by molar-refractivity contribution is 5.40. The van der Waals surface area contributed by atoms with Crippen LogP contribution in [0.1, 0.15) is 36.8 Å². The summed E-state index contributed by atoms with van der Waals surface area (Å²) in [6, 6.07) is 12.6. The number of nitrogens with one attached hydrogen (secondary N) is 1. The van der Waals surface area contributed by atoms with Crippen molar-refractivity contribution in [1.29, 1.82) is 0 Å². The van der Waals surface area contributed by atoms with Crippen LogP contribution in [-0.2, 0) is 0 Å². The lowest BCUT2D eigenvalue weighted by atomic mass is 9.96. The lowest BCUT2D eigenvalue weighted by Crippen LogP contribution is -2.18. The first-order valence-corrected chi connectivity index (χ1v) is 8.22. The second-order valence-corrected chi connectivity index (χ2v) is 6.38. The van der Waals surface area contributed by atoms with Crippen molar-refractivity contribution in [3.8, 4) is 5.82 Å². The molecule has 2 heterocycles. The summed E-state index contributed by atoms with van der Waals surface area (Å²) in [5, 5.41) is 8.00. The van der Waals surface area contributed by atoms with Crippen LogP contribution in [0.4, 0.5) is 5.82 Å². The zero-order chi connectivity index (χ0) is 17.1. The van der Waals surface area contributed by atoms with Gasteiger partial charge in [0.1, 0.15) is 5.82 Å². The van der Waals surface area contributed by atoms with Crippen LogP contribution in [0, 0.1) is 19.8 Å². The van der Waals surface area contributed by atoms with Crippen molar-refractivity contribution in [3.63, 3.8) is 0 Å². The Labute approximate surface area is 142 Å². The van der Waals surface area contributed by atoms with Gasteiger partial charge in [0.05, 0.1) is 24.1 Å². The molecule has 0 aliphatic carbocycles. The lowest BCUT2D eigenvalue weighted by molar-refractivity contribution is 0.544. The van der Waals surface area contributed by atoms with E-state index in [1.807, 2.05) is 30.7 Å². The van der Waals surface area contributed by atoms with Crippen LogP contribution < -0.4 is 5.32 Å². The van der Waals surface area contributed by atoms with Crippen LogP contribution >= 0.6 is 0 Å². The minimum atomic E-state index is 0.177. The topological polar surface area (TPSA) is 55.6 Å². The van der Waals surface area contributed by atoms with E-state index in [2.05, 4.69) is 53.5 Å². The molecule has 124 valence electrons. The molecule has 0 bridgehead atoms. The first-order chi connectivity index (χ1) is 11.5. The second kappa shape index (κ2) is 6.83. The third-order valence-electron chi connectivity index (χ3n) is 3.98. The summed E-state index contributed by atoms with van der Waals surface area (Å²) in [4.78, 5) is 9.02. The molecule has 0 saturated heterocycles. The Balaban J connectivity index is 1.90. The van der Waals surface area contributed by atoms with E-state index in [1.165, 1.54) is 5.56 Å². The van der Waals surface area contributed by atoms with Crippen molar-refractivity contribution in [2.24, 2.45) is 5.92 Å². The van der Waals surface area contributed by atoms with E-state index in [1.54, 1.807) is 12.4 Å². The van der Waals surface area contributed by atoms with E-state index in [0.29, 0.717) is 5.92 Å². The maximum atomic E-state index is 4.69. The third-order valence-corrected chi connectivity index (χ3v) is 3.98. The maximum absolute atomic E-state index is 4.69. The summed E-state index contributed by atoms with van der Waals surface area (Å²) < 4.78 is 1.82. The molecular weight excluding hydrogens is 298 g/mol. The predicted octanol–water partition coefficient (Wildman–Crippen LogP) is 4.09. The Hall–Kier alpha value is -2.69. The minimum absolute atomic E-state index is 0.177. The van der Waals surface area contributed by atoms with Gasteiger partial charge in [0, 0.05) is 5.69 Å². The zero-order valence-electron chi connectivity index (χ0n) is 14.6. The highest BCUT2D eigenvalue weighted by atomic mass is 15.3. The Kier molecular flexibility index (Phi) is 4.60. The van der Waals surface area contributed by atoms with Crippen molar-refractivity contribution < 1.29 is 0 Å². The largest absolute Gasteiger partial charge is 0.362 e. The molecule has 1 unspecified atom stereocenters. The molecule has 0 saturated carbocycles. The molecule has 1 N–H and O–H groups in total. The van der Waals surface area contributed by atoms with Crippen LogP contribution in [0.2, 0.25) is 0 Å². The van der Waals surface area contributed by atoms with Crippen LogP contribution in [0.3, 0.4) is 0 Å². The fourth-order valence-electron chi connectivity index (χ4n) is 2.84. The molecule has 5 nitrogen and oxygen atoms in total. The smallest absolute Gasteiger partial charge is 0.174 e. The Morgan fingerprint density at radius 2 is 1.79 bits per heavy atom. The van der Waals surface area contributed by atoms with Gasteiger partial charge in [0.25, 0.3) is 0 Å². The van der Waals surface area contributed by atoms with Gasteiger partial charge in [-0.25, -0.2) is 9.67 Å². The van der Waals surface area contributed by atoms with Crippen LogP contribution in [0.15, 0.2) is 48.8 Å². The Morgan fingerprint density at radius 1 is 1.04 bits per heavy atom. The number of aryl methyl sites for hydroxylation is 2. The van der Waals surface area contributed by atoms with Gasteiger partial charge in [0.2, 0.25) is 0 Å². The van der Waals surface area contributed by atoms with Gasteiger partial charge in [-0.2, -0.15) is 5.10 Å². The highest BCUT2D eigenvalue weighted by Crippen LogP contribution is 2.25. The zero-order valence-corrected chi connectivity index (χ0v) is 14.6. The summed E-state index contributed by atoms with van der Waals surface area (Å²) in [5.41, 5.74) is 3.25. The number of hydrogen-bond donors (Lipinski definition) is 1. The maximum Gasteiger partial charge on any atom is 0.174 e. The SMILES string of the molecule is Cc1cc(C)n(-c2cncc(NC(c3ccccc3)C(C)C)n2)n1. The standard InChI is InChI=1S/C19H23N5/c1-13(2)19(16-8-6-5-7-9-16)22-17-11-20-12-18(21-17)24-15(4)10-14(3)23-24/h5-13,19H,1-4H3,(H,21,22). The van der Waals surface area contributed by atoms with E-state index in [9.17, 15) is 0 Å². The van der Waals surface area contributed by atoms with Gasteiger partial charge < -0.3 is 5.32 Å².